The quantitative estimate of drug-likeness (QED) is 0.846. The number of carbonyl (C=O) groups is 1. The zero-order valence-electron chi connectivity index (χ0n) is 14.3. The molecule has 1 aromatic heterocycles. The van der Waals surface area contributed by atoms with E-state index in [-0.39, 0.29) is 5.91 Å². The number of rotatable bonds is 7. The minimum Gasteiger partial charge on any atom is -0.496 e. The molecule has 4 heteroatoms. The van der Waals surface area contributed by atoms with Crippen molar-refractivity contribution in [1.29, 1.82) is 0 Å². The Morgan fingerprint density at radius 2 is 2.17 bits per heavy atom. The third kappa shape index (κ3) is 4.13. The molecule has 1 amide bonds. The number of nitrogens with zero attached hydrogens (tertiary/aromatic N) is 1. The molecule has 1 N–H and O–H groups in total. The monoisotopic (exact) mass is 324 g/mol. The molecule has 4 nitrogen and oxygen atoms in total. The van der Waals surface area contributed by atoms with Gasteiger partial charge in [-0.2, -0.15) is 0 Å². The predicted molar refractivity (Wildman–Crippen MR) is 93.9 cm³/mol. The second-order valence-electron chi connectivity index (χ2n) is 6.47. The summed E-state index contributed by atoms with van der Waals surface area (Å²) in [7, 11) is 1.69. The van der Waals surface area contributed by atoms with Crippen molar-refractivity contribution in [3.05, 3.63) is 59.4 Å². The van der Waals surface area contributed by atoms with Crippen molar-refractivity contribution < 1.29 is 9.53 Å². The number of benzene rings is 1. The number of ether oxygens (including phenoxy) is 1. The summed E-state index contributed by atoms with van der Waals surface area (Å²) < 4.78 is 5.34. The van der Waals surface area contributed by atoms with Gasteiger partial charge < -0.3 is 10.1 Å². The van der Waals surface area contributed by atoms with E-state index in [1.54, 1.807) is 13.3 Å². The Bertz CT molecular complexity index is 696. The van der Waals surface area contributed by atoms with Crippen LogP contribution in [-0.4, -0.2) is 18.0 Å². The van der Waals surface area contributed by atoms with Crippen molar-refractivity contribution in [3.63, 3.8) is 0 Å². The fourth-order valence-electron chi connectivity index (χ4n) is 3.15. The van der Waals surface area contributed by atoms with Crippen molar-refractivity contribution >= 4 is 5.91 Å². The summed E-state index contributed by atoms with van der Waals surface area (Å²) in [4.78, 5) is 16.6. The maximum absolute atomic E-state index is 12.4. The smallest absolute Gasteiger partial charge is 0.220 e. The summed E-state index contributed by atoms with van der Waals surface area (Å²) in [6.45, 7) is 2.53. The zero-order chi connectivity index (χ0) is 16.9. The number of hydrogen-bond acceptors (Lipinski definition) is 3. The van der Waals surface area contributed by atoms with Crippen LogP contribution < -0.4 is 10.1 Å². The van der Waals surface area contributed by atoms with Gasteiger partial charge in [0.25, 0.3) is 0 Å². The maximum Gasteiger partial charge on any atom is 0.220 e. The molecule has 24 heavy (non-hydrogen) atoms. The van der Waals surface area contributed by atoms with Crippen LogP contribution in [0, 0.1) is 12.8 Å². The Labute approximate surface area is 143 Å². The molecule has 0 aliphatic heterocycles. The van der Waals surface area contributed by atoms with Crippen LogP contribution in [0.25, 0.3) is 0 Å². The first-order valence-electron chi connectivity index (χ1n) is 8.48. The van der Waals surface area contributed by atoms with Gasteiger partial charge in [-0.3, -0.25) is 9.78 Å². The van der Waals surface area contributed by atoms with Gasteiger partial charge in [0.2, 0.25) is 5.91 Å². The second-order valence-corrected chi connectivity index (χ2v) is 6.47. The van der Waals surface area contributed by atoms with Crippen LogP contribution in [0.1, 0.15) is 42.0 Å². The van der Waals surface area contributed by atoms with Crippen molar-refractivity contribution in [2.24, 2.45) is 5.92 Å². The largest absolute Gasteiger partial charge is 0.496 e. The molecule has 1 aliphatic carbocycles. The average Bonchev–Trinajstić information content (AvgIpc) is 3.43. The molecule has 1 aliphatic rings. The van der Waals surface area contributed by atoms with Crippen LogP contribution >= 0.6 is 0 Å². The Hall–Kier alpha value is -2.36. The van der Waals surface area contributed by atoms with Crippen molar-refractivity contribution in [2.45, 2.75) is 38.6 Å². The number of methoxy groups -OCH3 is 1. The fourth-order valence-corrected chi connectivity index (χ4v) is 3.15. The molecule has 3 rings (SSSR count). The highest BCUT2D eigenvalue weighted by molar-refractivity contribution is 5.77. The van der Waals surface area contributed by atoms with E-state index in [0.29, 0.717) is 24.8 Å². The molecule has 1 aromatic carbocycles. The van der Waals surface area contributed by atoms with E-state index >= 15 is 0 Å². The van der Waals surface area contributed by atoms with Crippen LogP contribution in [0.4, 0.5) is 0 Å². The summed E-state index contributed by atoms with van der Waals surface area (Å²) in [5.41, 5.74) is 3.24. The number of pyridine rings is 1. The van der Waals surface area contributed by atoms with Crippen LogP contribution in [-0.2, 0) is 11.3 Å². The molecular weight excluding hydrogens is 300 g/mol. The van der Waals surface area contributed by atoms with E-state index in [0.717, 1.165) is 17.0 Å². The number of carbonyl (C=O) groups excluding carboxylic acids is 1. The Morgan fingerprint density at radius 3 is 2.79 bits per heavy atom. The van der Waals surface area contributed by atoms with Gasteiger partial charge >= 0.3 is 0 Å². The summed E-state index contributed by atoms with van der Waals surface area (Å²) in [5.74, 6) is 1.90. The van der Waals surface area contributed by atoms with Gasteiger partial charge in [0.15, 0.2) is 0 Å². The van der Waals surface area contributed by atoms with Crippen LogP contribution in [0.5, 0.6) is 5.75 Å². The number of aryl methyl sites for hydroxylation is 1. The van der Waals surface area contributed by atoms with Gasteiger partial charge in [-0.1, -0.05) is 18.2 Å². The molecule has 0 bridgehead atoms. The third-order valence-electron chi connectivity index (χ3n) is 4.64. The number of amides is 1. The van der Waals surface area contributed by atoms with Gasteiger partial charge in [-0.25, -0.2) is 0 Å². The van der Waals surface area contributed by atoms with Crippen molar-refractivity contribution in [3.8, 4) is 5.75 Å². The minimum atomic E-state index is 0.0889. The molecule has 0 spiro atoms. The molecule has 1 heterocycles. The number of hydrogen-bond donors (Lipinski definition) is 1. The molecule has 1 unspecified atom stereocenters. The van der Waals surface area contributed by atoms with Gasteiger partial charge in [-0.05, 0) is 60.9 Å². The molecule has 0 saturated heterocycles. The first kappa shape index (κ1) is 16.5. The first-order chi connectivity index (χ1) is 11.7. The van der Waals surface area contributed by atoms with Crippen LogP contribution in [0.15, 0.2) is 42.6 Å². The molecular formula is C20H24N2O2. The fraction of sp³-hybridized carbons (Fsp3) is 0.400. The minimum absolute atomic E-state index is 0.0889. The summed E-state index contributed by atoms with van der Waals surface area (Å²) in [6, 6.07) is 12.0. The normalized spacial score (nSPS) is 14.9. The van der Waals surface area contributed by atoms with E-state index < -0.39 is 0 Å². The Kier molecular flexibility index (Phi) is 5.14. The van der Waals surface area contributed by atoms with Crippen LogP contribution in [0.2, 0.25) is 0 Å². The van der Waals surface area contributed by atoms with E-state index in [9.17, 15) is 4.79 Å². The first-order valence-corrected chi connectivity index (χ1v) is 8.48. The standard InChI is InChI=1S/C20H24N2O2/c1-14-11-16(8-9-19(14)24-2)18(15-6-7-15)12-20(23)22-13-17-5-3-4-10-21-17/h3-5,8-11,15,18H,6-7,12-13H2,1-2H3,(H,22,23). The third-order valence-corrected chi connectivity index (χ3v) is 4.64. The molecule has 1 saturated carbocycles. The van der Waals surface area contributed by atoms with E-state index in [1.165, 1.54) is 18.4 Å². The number of aromatic nitrogens is 1. The molecule has 1 fully saturated rings. The van der Waals surface area contributed by atoms with Gasteiger partial charge in [0, 0.05) is 12.6 Å². The topological polar surface area (TPSA) is 51.2 Å². The summed E-state index contributed by atoms with van der Waals surface area (Å²) in [5, 5.41) is 2.99. The molecule has 1 atom stereocenters. The lowest BCUT2D eigenvalue weighted by molar-refractivity contribution is -0.121. The summed E-state index contributed by atoms with van der Waals surface area (Å²) in [6.07, 6.45) is 4.70. The molecule has 0 radical (unpaired) electrons. The predicted octanol–water partition coefficient (Wildman–Crippen LogP) is 3.60. The van der Waals surface area contributed by atoms with Crippen molar-refractivity contribution in [2.75, 3.05) is 7.11 Å². The molecule has 126 valence electrons. The van der Waals surface area contributed by atoms with Gasteiger partial charge in [0.05, 0.1) is 19.3 Å². The highest BCUT2D eigenvalue weighted by Crippen LogP contribution is 2.45. The lowest BCUT2D eigenvalue weighted by Gasteiger charge is -2.18. The SMILES string of the molecule is COc1ccc(C(CC(=O)NCc2ccccn2)C2CC2)cc1C. The highest BCUT2D eigenvalue weighted by atomic mass is 16.5. The van der Waals surface area contributed by atoms with Gasteiger partial charge in [0.1, 0.15) is 5.75 Å². The van der Waals surface area contributed by atoms with Gasteiger partial charge in [-0.15, -0.1) is 0 Å². The number of nitrogens with one attached hydrogen (secondary N) is 1. The van der Waals surface area contributed by atoms with Crippen LogP contribution in [0.3, 0.4) is 0 Å². The summed E-state index contributed by atoms with van der Waals surface area (Å²) >= 11 is 0. The lowest BCUT2D eigenvalue weighted by atomic mass is 9.89. The van der Waals surface area contributed by atoms with E-state index in [2.05, 4.69) is 22.4 Å². The Morgan fingerprint density at radius 1 is 1.33 bits per heavy atom. The van der Waals surface area contributed by atoms with E-state index in [4.69, 9.17) is 4.74 Å². The second kappa shape index (κ2) is 7.47. The molecule has 2 aromatic rings. The maximum atomic E-state index is 12.4. The van der Waals surface area contributed by atoms with Crippen molar-refractivity contribution in [1.82, 2.24) is 10.3 Å². The zero-order valence-corrected chi connectivity index (χ0v) is 14.3. The lowest BCUT2D eigenvalue weighted by Crippen LogP contribution is -2.25. The van der Waals surface area contributed by atoms with E-state index in [1.807, 2.05) is 31.2 Å². The Balaban J connectivity index is 1.64. The average molecular weight is 324 g/mol. The highest BCUT2D eigenvalue weighted by Gasteiger charge is 2.33.